The first-order valence-electron chi connectivity index (χ1n) is 11.6. The molecule has 0 radical (unpaired) electrons. The summed E-state index contributed by atoms with van der Waals surface area (Å²) in [5.74, 6) is -2.32. The molecule has 0 fully saturated rings. The summed E-state index contributed by atoms with van der Waals surface area (Å²) in [7, 11) is 0. The van der Waals surface area contributed by atoms with Gasteiger partial charge in [-0.1, -0.05) is 20.8 Å². The molecule has 0 atom stereocenters. The van der Waals surface area contributed by atoms with Crippen molar-refractivity contribution < 1.29 is 42.1 Å². The highest BCUT2D eigenvalue weighted by Crippen LogP contribution is 2.39. The fourth-order valence-corrected chi connectivity index (χ4v) is 2.91. The molecule has 0 aromatic heterocycles. The summed E-state index contributed by atoms with van der Waals surface area (Å²) >= 11 is 0. The first-order valence-corrected chi connectivity index (χ1v) is 11.6. The molecule has 7 nitrogen and oxygen atoms in total. The van der Waals surface area contributed by atoms with Gasteiger partial charge in [0, 0.05) is 22.9 Å². The van der Waals surface area contributed by atoms with E-state index >= 15 is 0 Å². The van der Waals surface area contributed by atoms with Crippen molar-refractivity contribution >= 4 is 23.1 Å². The van der Waals surface area contributed by atoms with Crippen molar-refractivity contribution in [2.45, 2.75) is 46.2 Å². The van der Waals surface area contributed by atoms with Crippen molar-refractivity contribution in [3.63, 3.8) is 0 Å². The van der Waals surface area contributed by atoms with Crippen LogP contribution in [0.4, 0.5) is 18.9 Å². The molecule has 2 N–H and O–H groups in total. The van der Waals surface area contributed by atoms with E-state index in [2.05, 4.69) is 5.32 Å². The van der Waals surface area contributed by atoms with Crippen LogP contribution in [0.2, 0.25) is 0 Å². The molecule has 36 heavy (non-hydrogen) atoms. The number of hydrogen-bond donors (Lipinski definition) is 2. The van der Waals surface area contributed by atoms with Crippen LogP contribution in [0.15, 0.2) is 42.5 Å². The van der Waals surface area contributed by atoms with Crippen molar-refractivity contribution in [3.8, 4) is 17.2 Å². The summed E-state index contributed by atoms with van der Waals surface area (Å²) in [6, 6.07) is 8.44. The van der Waals surface area contributed by atoms with Gasteiger partial charge in [0.1, 0.15) is 5.76 Å². The van der Waals surface area contributed by atoms with Crippen LogP contribution in [0, 0.1) is 0 Å². The van der Waals surface area contributed by atoms with E-state index in [1.54, 1.807) is 12.1 Å². The number of carbonyl (C=O) groups is 2. The maximum absolute atomic E-state index is 13.0. The third kappa shape index (κ3) is 8.21. The Balaban J connectivity index is 2.29. The minimum Gasteiger partial charge on any atom is -0.507 e. The molecule has 0 saturated heterocycles. The average molecular weight is 510 g/mol. The van der Waals surface area contributed by atoms with Crippen molar-refractivity contribution in [2.24, 2.45) is 0 Å². The molecule has 1 amide bonds. The normalized spacial score (nSPS) is 11.7. The molecule has 0 heterocycles. The number of carbonyl (C=O) groups excluding carboxylic acids is 2. The van der Waals surface area contributed by atoms with Gasteiger partial charge in [-0.2, -0.15) is 13.2 Å². The van der Waals surface area contributed by atoms with E-state index < -0.39 is 23.6 Å². The highest BCUT2D eigenvalue weighted by atomic mass is 19.4. The second-order valence-corrected chi connectivity index (χ2v) is 7.77. The number of benzene rings is 2. The Hall–Kier alpha value is -3.69. The Kier molecular flexibility index (Phi) is 10.6. The third-order valence-corrected chi connectivity index (χ3v) is 4.64. The Morgan fingerprint density at radius 2 is 1.36 bits per heavy atom. The van der Waals surface area contributed by atoms with Gasteiger partial charge in [-0.25, -0.2) is 0 Å². The lowest BCUT2D eigenvalue weighted by Gasteiger charge is -2.18. The van der Waals surface area contributed by atoms with Gasteiger partial charge in [-0.15, -0.1) is 0 Å². The second-order valence-electron chi connectivity index (χ2n) is 7.77. The fourth-order valence-electron chi connectivity index (χ4n) is 2.91. The Morgan fingerprint density at radius 1 is 0.861 bits per heavy atom. The molecule has 0 bridgehead atoms. The van der Waals surface area contributed by atoms with E-state index in [4.69, 9.17) is 14.2 Å². The maximum Gasteiger partial charge on any atom is 0.454 e. The van der Waals surface area contributed by atoms with Gasteiger partial charge < -0.3 is 24.6 Å². The number of allylic oxidation sites excluding steroid dienone is 1. The highest BCUT2D eigenvalue weighted by molar-refractivity contribution is 6.05. The van der Waals surface area contributed by atoms with Crippen molar-refractivity contribution in [1.29, 1.82) is 0 Å². The molecule has 0 aliphatic carbocycles. The number of halogens is 3. The number of alkyl halides is 3. The number of ketones is 1. The topological polar surface area (TPSA) is 94.1 Å². The van der Waals surface area contributed by atoms with Crippen molar-refractivity contribution in [1.82, 2.24) is 0 Å². The SMILES string of the molecule is CCCOc1cc(C(=O)Nc2ccc(/C(O)=C/C(=O)C(F)(F)F)cc2)cc(OCCC)c1OCCC. The number of ether oxygens (including phenoxy) is 3. The monoisotopic (exact) mass is 509 g/mol. The Bertz CT molecular complexity index is 1040. The highest BCUT2D eigenvalue weighted by Gasteiger charge is 2.37. The molecule has 10 heteroatoms. The summed E-state index contributed by atoms with van der Waals surface area (Å²) in [6.07, 6.45) is -2.72. The fraction of sp³-hybridized carbons (Fsp3) is 0.385. The van der Waals surface area contributed by atoms with Gasteiger partial charge in [0.05, 0.1) is 19.8 Å². The lowest BCUT2D eigenvalue weighted by atomic mass is 10.1. The van der Waals surface area contributed by atoms with E-state index in [0.29, 0.717) is 42.8 Å². The van der Waals surface area contributed by atoms with Crippen LogP contribution >= 0.6 is 0 Å². The molecule has 2 rings (SSSR count). The number of hydrogen-bond acceptors (Lipinski definition) is 6. The van der Waals surface area contributed by atoms with Gasteiger partial charge in [0.25, 0.3) is 11.7 Å². The first kappa shape index (κ1) is 28.5. The molecular weight excluding hydrogens is 479 g/mol. The second kappa shape index (κ2) is 13.4. The van der Waals surface area contributed by atoms with Crippen LogP contribution in [0.5, 0.6) is 17.2 Å². The molecule has 0 aliphatic heterocycles. The number of rotatable bonds is 13. The van der Waals surface area contributed by atoms with E-state index in [9.17, 15) is 27.9 Å². The number of nitrogens with one attached hydrogen (secondary N) is 1. The largest absolute Gasteiger partial charge is 0.507 e. The average Bonchev–Trinajstić information content (AvgIpc) is 2.84. The number of amides is 1. The summed E-state index contributed by atoms with van der Waals surface area (Å²) < 4.78 is 54.7. The van der Waals surface area contributed by atoms with Crippen molar-refractivity contribution in [3.05, 3.63) is 53.6 Å². The van der Waals surface area contributed by atoms with Crippen LogP contribution in [0.1, 0.15) is 56.0 Å². The van der Waals surface area contributed by atoms with E-state index in [1.807, 2.05) is 20.8 Å². The summed E-state index contributed by atoms with van der Waals surface area (Å²) in [5.41, 5.74) is 0.546. The Labute approximate surface area is 207 Å². The number of aliphatic hydroxyl groups is 1. The molecule has 0 aliphatic rings. The van der Waals surface area contributed by atoms with Gasteiger partial charge >= 0.3 is 6.18 Å². The zero-order valence-electron chi connectivity index (χ0n) is 20.4. The molecular formula is C26H30F3NO6. The van der Waals surface area contributed by atoms with E-state index in [1.165, 1.54) is 24.3 Å². The molecule has 0 spiro atoms. The van der Waals surface area contributed by atoms with E-state index in [-0.39, 0.29) is 17.2 Å². The summed E-state index contributed by atoms with van der Waals surface area (Å²) in [4.78, 5) is 24.0. The van der Waals surface area contributed by atoms with Crippen LogP contribution in [0.3, 0.4) is 0 Å². The molecule has 2 aromatic carbocycles. The lowest BCUT2D eigenvalue weighted by Crippen LogP contribution is -2.20. The number of anilines is 1. The van der Waals surface area contributed by atoms with Crippen LogP contribution in [0.25, 0.3) is 5.76 Å². The quantitative estimate of drug-likeness (QED) is 0.242. The minimum absolute atomic E-state index is 0.0199. The maximum atomic E-state index is 13.0. The van der Waals surface area contributed by atoms with Gasteiger partial charge in [0.15, 0.2) is 11.5 Å². The van der Waals surface area contributed by atoms with Gasteiger partial charge in [0.2, 0.25) is 5.75 Å². The lowest BCUT2D eigenvalue weighted by molar-refractivity contribution is -0.165. The predicted molar refractivity (Wildman–Crippen MR) is 130 cm³/mol. The summed E-state index contributed by atoms with van der Waals surface area (Å²) in [5, 5.41) is 12.5. The predicted octanol–water partition coefficient (Wildman–Crippen LogP) is 6.34. The van der Waals surface area contributed by atoms with Crippen LogP contribution in [-0.4, -0.2) is 42.8 Å². The standard InChI is InChI=1S/C26H30F3NO6/c1-4-11-34-21-14-18(15-22(35-12-5-2)24(21)36-13-6-3)25(33)30-19-9-7-17(8-10-19)20(31)16-23(32)26(27,28)29/h7-10,14-16,31H,4-6,11-13H2,1-3H3,(H,30,33)/b20-16-. The first-order chi connectivity index (χ1) is 17.1. The minimum atomic E-state index is -5.08. The number of aliphatic hydroxyl groups excluding tert-OH is 1. The smallest absolute Gasteiger partial charge is 0.454 e. The molecule has 0 unspecified atom stereocenters. The zero-order chi connectivity index (χ0) is 26.7. The Morgan fingerprint density at radius 3 is 1.83 bits per heavy atom. The summed E-state index contributed by atoms with van der Waals surface area (Å²) in [6.45, 7) is 7.14. The third-order valence-electron chi connectivity index (χ3n) is 4.64. The van der Waals surface area contributed by atoms with Gasteiger partial charge in [-0.3, -0.25) is 9.59 Å². The van der Waals surface area contributed by atoms with E-state index in [0.717, 1.165) is 19.3 Å². The van der Waals surface area contributed by atoms with Crippen LogP contribution < -0.4 is 19.5 Å². The molecule has 2 aromatic rings. The van der Waals surface area contributed by atoms with Crippen LogP contribution in [-0.2, 0) is 4.79 Å². The molecule has 0 saturated carbocycles. The van der Waals surface area contributed by atoms with Crippen molar-refractivity contribution in [2.75, 3.05) is 25.1 Å². The zero-order valence-corrected chi connectivity index (χ0v) is 20.4. The molecule has 196 valence electrons. The van der Waals surface area contributed by atoms with Gasteiger partial charge in [-0.05, 0) is 55.7 Å².